The molecule has 1 amide bonds. The highest BCUT2D eigenvalue weighted by atomic mass is 16.4. The number of hydrogen-bond donors (Lipinski definition) is 3. The number of aliphatic carboxylic acids is 1. The van der Waals surface area contributed by atoms with E-state index >= 15 is 0 Å². The predicted molar refractivity (Wildman–Crippen MR) is 188 cm³/mol. The fraction of sp³-hybridized carbons (Fsp3) is 0.300. The number of nitrogens with one attached hydrogen (secondary N) is 2. The highest BCUT2D eigenvalue weighted by Gasteiger charge is 2.41. The van der Waals surface area contributed by atoms with Gasteiger partial charge in [0.15, 0.2) is 11.6 Å². The van der Waals surface area contributed by atoms with Crippen LogP contribution in [-0.4, -0.2) is 36.7 Å². The smallest absolute Gasteiger partial charge is 0.328 e. The first-order valence-electron chi connectivity index (χ1n) is 17.2. The Morgan fingerprint density at radius 1 is 0.958 bits per heavy atom. The molecule has 3 N–H and O–H groups in total. The Morgan fingerprint density at radius 3 is 2.62 bits per heavy atom. The lowest BCUT2D eigenvalue weighted by molar-refractivity contribution is -0.131. The maximum atomic E-state index is 14.2. The zero-order valence-corrected chi connectivity index (χ0v) is 26.9. The van der Waals surface area contributed by atoms with Crippen LogP contribution in [0.5, 0.6) is 0 Å². The summed E-state index contributed by atoms with van der Waals surface area (Å²) in [6, 6.07) is 22.4. The van der Waals surface area contributed by atoms with Gasteiger partial charge in [-0.05, 0) is 72.6 Å². The van der Waals surface area contributed by atoms with E-state index < -0.39 is 11.5 Å². The van der Waals surface area contributed by atoms with Crippen LogP contribution >= 0.6 is 0 Å². The predicted octanol–water partition coefficient (Wildman–Crippen LogP) is 8.47. The van der Waals surface area contributed by atoms with Gasteiger partial charge in [-0.1, -0.05) is 92.8 Å². The van der Waals surface area contributed by atoms with Crippen LogP contribution in [0.15, 0.2) is 78.9 Å². The third-order valence-electron chi connectivity index (χ3n) is 10.5. The molecule has 2 aliphatic carbocycles. The molecule has 0 saturated heterocycles. The number of aromatic amines is 1. The minimum Gasteiger partial charge on any atom is -0.478 e. The molecule has 0 spiro atoms. The first-order chi connectivity index (χ1) is 23.5. The summed E-state index contributed by atoms with van der Waals surface area (Å²) in [6.45, 7) is 0.759. The lowest BCUT2D eigenvalue weighted by Crippen LogP contribution is -2.44. The minimum atomic E-state index is -1.00. The number of amides is 1. The maximum absolute atomic E-state index is 14.2. The molecule has 2 saturated carbocycles. The van der Waals surface area contributed by atoms with Crippen molar-refractivity contribution < 1.29 is 14.7 Å². The molecule has 8 heteroatoms. The molecule has 3 aliphatic rings. The van der Waals surface area contributed by atoms with E-state index in [-0.39, 0.29) is 5.91 Å². The molecule has 242 valence electrons. The van der Waals surface area contributed by atoms with Gasteiger partial charge in [-0.3, -0.25) is 9.89 Å². The van der Waals surface area contributed by atoms with Crippen molar-refractivity contribution in [1.29, 1.82) is 0 Å². The number of H-pyrrole nitrogens is 1. The van der Waals surface area contributed by atoms with E-state index in [0.717, 1.165) is 54.9 Å². The van der Waals surface area contributed by atoms with Crippen molar-refractivity contribution >= 4 is 34.9 Å². The van der Waals surface area contributed by atoms with Gasteiger partial charge in [-0.25, -0.2) is 9.78 Å². The Hall–Kier alpha value is -5.24. The number of carboxylic acid groups (broad SMARTS) is 1. The van der Waals surface area contributed by atoms with Gasteiger partial charge in [0.2, 0.25) is 0 Å². The van der Waals surface area contributed by atoms with E-state index in [4.69, 9.17) is 10.1 Å². The van der Waals surface area contributed by atoms with Gasteiger partial charge >= 0.3 is 5.97 Å². The monoisotopic (exact) mass is 637 g/mol. The van der Waals surface area contributed by atoms with Crippen molar-refractivity contribution in [2.24, 2.45) is 0 Å². The zero-order valence-electron chi connectivity index (χ0n) is 26.9. The SMILES string of the molecule is O=C(O)/C=C/c1cccc(-c2nc(C3(NC(=O)c4ccc5c(C6CCCCC6)c6n(c5c4)CC=Cc4ccccc4-6)CCCC3)n[nH]2)c1. The number of fused-ring (bicyclic) bond motifs is 5. The minimum absolute atomic E-state index is 0.120. The van der Waals surface area contributed by atoms with Gasteiger partial charge in [-0.2, -0.15) is 5.10 Å². The molecule has 0 unspecified atom stereocenters. The normalized spacial score (nSPS) is 17.3. The van der Waals surface area contributed by atoms with Gasteiger partial charge in [0.1, 0.15) is 5.54 Å². The Labute approximate surface area is 279 Å². The van der Waals surface area contributed by atoms with Crippen molar-refractivity contribution in [3.8, 4) is 22.6 Å². The van der Waals surface area contributed by atoms with Gasteiger partial charge < -0.3 is 15.0 Å². The topological polar surface area (TPSA) is 113 Å². The number of aromatic nitrogens is 4. The Bertz CT molecular complexity index is 2090. The van der Waals surface area contributed by atoms with Crippen LogP contribution in [0, 0.1) is 0 Å². The average Bonchev–Trinajstić information content (AvgIpc) is 3.84. The molecule has 3 aromatic carbocycles. The molecule has 3 heterocycles. The second-order valence-corrected chi connectivity index (χ2v) is 13.5. The Morgan fingerprint density at radius 2 is 1.79 bits per heavy atom. The molecule has 2 aromatic heterocycles. The third-order valence-corrected chi connectivity index (χ3v) is 10.5. The molecule has 1 aliphatic heterocycles. The second-order valence-electron chi connectivity index (χ2n) is 13.5. The number of hydrogen-bond acceptors (Lipinski definition) is 4. The van der Waals surface area contributed by atoms with Crippen molar-refractivity contribution in [2.75, 3.05) is 0 Å². The molecule has 0 radical (unpaired) electrons. The van der Waals surface area contributed by atoms with E-state index in [0.29, 0.717) is 23.1 Å². The Kier molecular flexibility index (Phi) is 7.79. The van der Waals surface area contributed by atoms with Crippen LogP contribution in [0.4, 0.5) is 0 Å². The number of carbonyl (C=O) groups excluding carboxylic acids is 1. The molecule has 5 aromatic rings. The van der Waals surface area contributed by atoms with Crippen molar-refractivity contribution in [2.45, 2.75) is 75.8 Å². The van der Waals surface area contributed by atoms with Crippen LogP contribution < -0.4 is 5.32 Å². The molecular formula is C40H39N5O3. The lowest BCUT2D eigenvalue weighted by atomic mass is 9.81. The third kappa shape index (κ3) is 5.45. The lowest BCUT2D eigenvalue weighted by Gasteiger charge is -2.27. The first-order valence-corrected chi connectivity index (χ1v) is 17.2. The van der Waals surface area contributed by atoms with Crippen molar-refractivity contribution in [3.63, 3.8) is 0 Å². The first kappa shape index (κ1) is 30.1. The quantitative estimate of drug-likeness (QED) is 0.155. The standard InChI is InChI=1S/C40H39N5O3/c46-34(47)20-17-26-10-8-14-29(24-26)37-41-39(44-43-37)40(21-6-7-22-40)42-38(48)30-18-19-32-33(25-30)45-23-9-15-27-11-4-5-16-31(27)36(45)35(32)28-12-2-1-3-13-28/h4-5,8-11,14-20,24-25,28H,1-3,6-7,12-13,21-23H2,(H,42,48)(H,46,47)(H,41,43,44)/b20-17+. The summed E-state index contributed by atoms with van der Waals surface area (Å²) in [5.74, 6) is 0.551. The van der Waals surface area contributed by atoms with Crippen LogP contribution in [-0.2, 0) is 16.9 Å². The summed E-state index contributed by atoms with van der Waals surface area (Å²) < 4.78 is 2.42. The maximum Gasteiger partial charge on any atom is 0.328 e. The fourth-order valence-electron chi connectivity index (χ4n) is 8.18. The van der Waals surface area contributed by atoms with Crippen molar-refractivity contribution in [1.82, 2.24) is 25.1 Å². The van der Waals surface area contributed by atoms with E-state index in [1.54, 1.807) is 6.08 Å². The van der Waals surface area contributed by atoms with Crippen LogP contribution in [0.1, 0.15) is 96.6 Å². The largest absolute Gasteiger partial charge is 0.478 e. The van der Waals surface area contributed by atoms with Gasteiger partial charge in [0.25, 0.3) is 5.91 Å². The molecule has 48 heavy (non-hydrogen) atoms. The average molecular weight is 638 g/mol. The highest BCUT2D eigenvalue weighted by molar-refractivity contribution is 6.01. The molecule has 0 bridgehead atoms. The summed E-state index contributed by atoms with van der Waals surface area (Å²) in [7, 11) is 0. The highest BCUT2D eigenvalue weighted by Crippen LogP contribution is 2.46. The molecule has 0 atom stereocenters. The molecule has 8 nitrogen and oxygen atoms in total. The van der Waals surface area contributed by atoms with Gasteiger partial charge in [-0.15, -0.1) is 0 Å². The number of carboxylic acids is 1. The second kappa shape index (κ2) is 12.4. The van der Waals surface area contributed by atoms with E-state index in [2.05, 4.69) is 68.6 Å². The number of allylic oxidation sites excluding steroid dienone is 1. The Balaban J connectivity index is 1.14. The van der Waals surface area contributed by atoms with Gasteiger partial charge in [0.05, 0.1) is 5.69 Å². The molecular weight excluding hydrogens is 598 g/mol. The zero-order chi connectivity index (χ0) is 32.7. The summed E-state index contributed by atoms with van der Waals surface area (Å²) in [5.41, 5.74) is 7.87. The molecule has 2 fully saturated rings. The summed E-state index contributed by atoms with van der Waals surface area (Å²) >= 11 is 0. The molecule has 8 rings (SSSR count). The van der Waals surface area contributed by atoms with Crippen molar-refractivity contribution in [3.05, 3.63) is 107 Å². The number of rotatable bonds is 7. The number of benzene rings is 3. The number of nitrogens with zero attached hydrogens (tertiary/aromatic N) is 3. The van der Waals surface area contributed by atoms with E-state index in [9.17, 15) is 9.59 Å². The van der Waals surface area contributed by atoms with Gasteiger partial charge in [0, 0.05) is 40.2 Å². The summed E-state index contributed by atoms with van der Waals surface area (Å²) in [4.78, 5) is 30.0. The number of carbonyl (C=O) groups is 2. The van der Waals surface area contributed by atoms with E-state index in [1.807, 2.05) is 30.3 Å². The van der Waals surface area contributed by atoms with Crippen LogP contribution in [0.3, 0.4) is 0 Å². The van der Waals surface area contributed by atoms with Crippen LogP contribution in [0.25, 0.3) is 45.7 Å². The summed E-state index contributed by atoms with van der Waals surface area (Å²) in [6.07, 6.45) is 16.8. The summed E-state index contributed by atoms with van der Waals surface area (Å²) in [5, 5.41) is 21.4. The van der Waals surface area contributed by atoms with Crippen LogP contribution in [0.2, 0.25) is 0 Å². The van der Waals surface area contributed by atoms with E-state index in [1.165, 1.54) is 59.9 Å². The fourth-order valence-corrected chi connectivity index (χ4v) is 8.18.